The van der Waals surface area contributed by atoms with Crippen molar-refractivity contribution in [3.8, 4) is 0 Å². The van der Waals surface area contributed by atoms with Gasteiger partial charge >= 0.3 is 0 Å². The Labute approximate surface area is 140 Å². The van der Waals surface area contributed by atoms with Crippen molar-refractivity contribution in [2.75, 3.05) is 0 Å². The van der Waals surface area contributed by atoms with Gasteiger partial charge in [-0.2, -0.15) is 0 Å². The highest BCUT2D eigenvalue weighted by Crippen LogP contribution is 2.29. The molecule has 3 heteroatoms. The predicted octanol–water partition coefficient (Wildman–Crippen LogP) is 5.53. The minimum atomic E-state index is 0.256. The van der Waals surface area contributed by atoms with E-state index in [-0.39, 0.29) is 5.41 Å². The predicted molar refractivity (Wildman–Crippen MR) is 97.2 cm³/mol. The van der Waals surface area contributed by atoms with Crippen LogP contribution in [0.15, 0.2) is 40.9 Å². The quantitative estimate of drug-likeness (QED) is 0.734. The molecule has 0 aliphatic rings. The minimum Gasteiger partial charge on any atom is -0.309 e. The van der Waals surface area contributed by atoms with Crippen LogP contribution in [0.25, 0.3) is 0 Å². The SMILES string of the molecule is CC(Cc1ccc(Br)cc1)NCc1ccc(C(C)(C)C)s1. The van der Waals surface area contributed by atoms with Gasteiger partial charge in [-0.05, 0) is 48.6 Å². The van der Waals surface area contributed by atoms with E-state index in [2.05, 4.69) is 85.3 Å². The van der Waals surface area contributed by atoms with Crippen molar-refractivity contribution in [1.82, 2.24) is 5.32 Å². The Morgan fingerprint density at radius 2 is 1.76 bits per heavy atom. The lowest BCUT2D eigenvalue weighted by molar-refractivity contribution is 0.549. The third-order valence-corrected chi connectivity index (χ3v) is 5.52. The average Bonchev–Trinajstić information content (AvgIpc) is 2.88. The minimum absolute atomic E-state index is 0.256. The summed E-state index contributed by atoms with van der Waals surface area (Å²) in [4.78, 5) is 2.88. The first kappa shape index (κ1) is 16.7. The number of hydrogen-bond acceptors (Lipinski definition) is 2. The molecule has 0 aliphatic heterocycles. The van der Waals surface area contributed by atoms with Crippen LogP contribution in [0.5, 0.6) is 0 Å². The highest BCUT2D eigenvalue weighted by molar-refractivity contribution is 9.10. The van der Waals surface area contributed by atoms with E-state index < -0.39 is 0 Å². The van der Waals surface area contributed by atoms with E-state index in [0.29, 0.717) is 6.04 Å². The fourth-order valence-electron chi connectivity index (χ4n) is 2.20. The molecule has 0 bridgehead atoms. The van der Waals surface area contributed by atoms with Gasteiger partial charge in [-0.25, -0.2) is 0 Å². The molecule has 1 aromatic heterocycles. The molecule has 1 heterocycles. The van der Waals surface area contributed by atoms with E-state index in [0.717, 1.165) is 17.4 Å². The van der Waals surface area contributed by atoms with Gasteiger partial charge in [-0.3, -0.25) is 0 Å². The molecule has 1 N–H and O–H groups in total. The molecule has 114 valence electrons. The van der Waals surface area contributed by atoms with Crippen LogP contribution in [0, 0.1) is 0 Å². The summed E-state index contributed by atoms with van der Waals surface area (Å²) in [5.74, 6) is 0. The van der Waals surface area contributed by atoms with Crippen LogP contribution >= 0.6 is 27.3 Å². The van der Waals surface area contributed by atoms with E-state index in [1.54, 1.807) is 0 Å². The molecule has 1 aromatic carbocycles. The highest BCUT2D eigenvalue weighted by Gasteiger charge is 2.16. The highest BCUT2D eigenvalue weighted by atomic mass is 79.9. The molecule has 0 fully saturated rings. The van der Waals surface area contributed by atoms with E-state index >= 15 is 0 Å². The smallest absolute Gasteiger partial charge is 0.0302 e. The Morgan fingerprint density at radius 3 is 2.33 bits per heavy atom. The number of benzene rings is 1. The molecule has 1 unspecified atom stereocenters. The molecular formula is C18H24BrNS. The Balaban J connectivity index is 1.85. The fraction of sp³-hybridized carbons (Fsp3) is 0.444. The van der Waals surface area contributed by atoms with Gasteiger partial charge in [0.05, 0.1) is 0 Å². The van der Waals surface area contributed by atoms with Crippen molar-refractivity contribution < 1.29 is 0 Å². The number of halogens is 1. The largest absolute Gasteiger partial charge is 0.309 e. The Bertz CT molecular complexity index is 566. The number of nitrogens with one attached hydrogen (secondary N) is 1. The van der Waals surface area contributed by atoms with Crippen molar-refractivity contribution in [3.63, 3.8) is 0 Å². The summed E-state index contributed by atoms with van der Waals surface area (Å²) in [5.41, 5.74) is 1.63. The van der Waals surface area contributed by atoms with Gasteiger partial charge in [0.2, 0.25) is 0 Å². The summed E-state index contributed by atoms with van der Waals surface area (Å²) < 4.78 is 1.14. The van der Waals surface area contributed by atoms with Crippen LogP contribution in [0.3, 0.4) is 0 Å². The van der Waals surface area contributed by atoms with Crippen LogP contribution in [0.2, 0.25) is 0 Å². The first-order chi connectivity index (χ1) is 9.84. The second-order valence-corrected chi connectivity index (χ2v) is 8.71. The second kappa shape index (κ2) is 7.08. The van der Waals surface area contributed by atoms with E-state index in [1.807, 2.05) is 11.3 Å². The average molecular weight is 366 g/mol. The third kappa shape index (κ3) is 5.24. The van der Waals surface area contributed by atoms with Gasteiger partial charge in [0.25, 0.3) is 0 Å². The first-order valence-electron chi connectivity index (χ1n) is 7.41. The molecule has 0 aliphatic carbocycles. The van der Waals surface area contributed by atoms with Crippen LogP contribution in [-0.2, 0) is 18.4 Å². The van der Waals surface area contributed by atoms with Crippen LogP contribution in [-0.4, -0.2) is 6.04 Å². The van der Waals surface area contributed by atoms with Gasteiger partial charge in [-0.1, -0.05) is 48.8 Å². The lowest BCUT2D eigenvalue weighted by Gasteiger charge is -2.16. The van der Waals surface area contributed by atoms with Crippen molar-refractivity contribution >= 4 is 27.3 Å². The molecule has 0 amide bonds. The van der Waals surface area contributed by atoms with Gasteiger partial charge in [0, 0.05) is 26.8 Å². The maximum Gasteiger partial charge on any atom is 0.0302 e. The van der Waals surface area contributed by atoms with Gasteiger partial charge in [0.15, 0.2) is 0 Å². The molecule has 0 saturated carbocycles. The Kier molecular flexibility index (Phi) is 5.64. The van der Waals surface area contributed by atoms with Crippen LogP contribution in [0.1, 0.15) is 43.0 Å². The summed E-state index contributed by atoms with van der Waals surface area (Å²) in [6.45, 7) is 10.0. The van der Waals surface area contributed by atoms with Crippen LogP contribution < -0.4 is 5.32 Å². The zero-order valence-electron chi connectivity index (χ0n) is 13.2. The molecule has 21 heavy (non-hydrogen) atoms. The Hall–Kier alpha value is -0.640. The number of rotatable bonds is 5. The normalized spacial score (nSPS) is 13.4. The molecule has 2 rings (SSSR count). The lowest BCUT2D eigenvalue weighted by atomic mass is 9.95. The molecule has 0 spiro atoms. The molecule has 1 atom stereocenters. The zero-order valence-corrected chi connectivity index (χ0v) is 15.6. The number of thiophene rings is 1. The van der Waals surface area contributed by atoms with E-state index in [4.69, 9.17) is 0 Å². The zero-order chi connectivity index (χ0) is 15.5. The lowest BCUT2D eigenvalue weighted by Crippen LogP contribution is -2.27. The summed E-state index contributed by atoms with van der Waals surface area (Å²) in [5, 5.41) is 3.63. The third-order valence-electron chi connectivity index (χ3n) is 3.48. The molecule has 1 nitrogen and oxygen atoms in total. The Morgan fingerprint density at radius 1 is 1.10 bits per heavy atom. The first-order valence-corrected chi connectivity index (χ1v) is 9.02. The summed E-state index contributed by atoms with van der Waals surface area (Å²) >= 11 is 5.40. The summed E-state index contributed by atoms with van der Waals surface area (Å²) in [7, 11) is 0. The maximum atomic E-state index is 3.63. The molecule has 0 radical (unpaired) electrons. The van der Waals surface area contributed by atoms with Crippen molar-refractivity contribution in [2.24, 2.45) is 0 Å². The maximum absolute atomic E-state index is 3.63. The number of hydrogen-bond donors (Lipinski definition) is 1. The second-order valence-electron chi connectivity index (χ2n) is 6.63. The van der Waals surface area contributed by atoms with Gasteiger partial charge in [-0.15, -0.1) is 11.3 Å². The molecule has 2 aromatic rings. The standard InChI is InChI=1S/C18H24BrNS/c1-13(11-14-5-7-15(19)8-6-14)20-12-16-9-10-17(21-16)18(2,3)4/h5-10,13,20H,11-12H2,1-4H3. The monoisotopic (exact) mass is 365 g/mol. The van der Waals surface area contributed by atoms with Crippen molar-refractivity contribution in [1.29, 1.82) is 0 Å². The fourth-order valence-corrected chi connectivity index (χ4v) is 3.48. The van der Waals surface area contributed by atoms with Gasteiger partial charge in [0.1, 0.15) is 0 Å². The summed E-state index contributed by atoms with van der Waals surface area (Å²) in [6, 6.07) is 13.6. The van der Waals surface area contributed by atoms with Gasteiger partial charge < -0.3 is 5.32 Å². The molecule has 0 saturated heterocycles. The molecular weight excluding hydrogens is 342 g/mol. The van der Waals surface area contributed by atoms with Crippen LogP contribution in [0.4, 0.5) is 0 Å². The van der Waals surface area contributed by atoms with Crippen molar-refractivity contribution in [3.05, 3.63) is 56.2 Å². The summed E-state index contributed by atoms with van der Waals surface area (Å²) in [6.07, 6.45) is 1.06. The van der Waals surface area contributed by atoms with Crippen molar-refractivity contribution in [2.45, 2.75) is 52.1 Å². The van der Waals surface area contributed by atoms with E-state index in [1.165, 1.54) is 15.3 Å². The van der Waals surface area contributed by atoms with E-state index in [9.17, 15) is 0 Å². The topological polar surface area (TPSA) is 12.0 Å².